The smallest absolute Gasteiger partial charge is 0.0192 e. The molecule has 0 saturated carbocycles. The highest BCUT2D eigenvalue weighted by Gasteiger charge is 2.12. The van der Waals surface area contributed by atoms with E-state index in [4.69, 9.17) is 0 Å². The van der Waals surface area contributed by atoms with Gasteiger partial charge in [0.25, 0.3) is 0 Å². The molecular formula is C53H57N. The molecule has 0 heterocycles. The van der Waals surface area contributed by atoms with Crippen molar-refractivity contribution in [2.45, 2.75) is 53.4 Å². The van der Waals surface area contributed by atoms with Crippen molar-refractivity contribution in [2.75, 3.05) is 0 Å². The predicted molar refractivity (Wildman–Crippen MR) is 239 cm³/mol. The number of hydrogen-bond acceptors (Lipinski definition) is 1. The average molecular weight is 708 g/mol. The van der Waals surface area contributed by atoms with Crippen LogP contribution in [0.25, 0.3) is 17.7 Å². The van der Waals surface area contributed by atoms with E-state index in [0.717, 1.165) is 40.9 Å². The number of hydrogen-bond donors (Lipinski definition) is 0. The molecule has 4 rings (SSSR count). The van der Waals surface area contributed by atoms with Crippen LogP contribution in [0.1, 0.15) is 75.6 Å². The monoisotopic (exact) mass is 707 g/mol. The first-order valence-electron chi connectivity index (χ1n) is 19.1. The standard InChI is InChI=1S/C53H57N/c1-8-18-47(29-30-48-21-12-10-13-22-48)39-40-54(45(6)20-16-19-42(3)9-2)46(7)28-27-43(4)52-35-37-53(38-36-52)44(5)41-51-26-17-25-50(33-34-51)32-31-49-23-14-11-15-24-49/h8,10-40,44,51H,1,3,9,41H2,2,4-7H3/b19-16-,30-29+,32-31+,40-39-,43-27+,45-20-,46-28+,47-18-. The first-order valence-corrected chi connectivity index (χ1v) is 19.1. The zero-order chi connectivity index (χ0) is 38.5. The van der Waals surface area contributed by atoms with Crippen LogP contribution in [0.2, 0.25) is 0 Å². The second kappa shape index (κ2) is 22.2. The summed E-state index contributed by atoms with van der Waals surface area (Å²) >= 11 is 0. The second-order valence-electron chi connectivity index (χ2n) is 13.7. The van der Waals surface area contributed by atoms with Crippen LogP contribution in [0.5, 0.6) is 0 Å². The second-order valence-corrected chi connectivity index (χ2v) is 13.7. The van der Waals surface area contributed by atoms with E-state index >= 15 is 0 Å². The zero-order valence-corrected chi connectivity index (χ0v) is 32.9. The molecule has 0 amide bonds. The summed E-state index contributed by atoms with van der Waals surface area (Å²) in [5, 5.41) is 0. The molecule has 2 unspecified atom stereocenters. The lowest BCUT2D eigenvalue weighted by Crippen LogP contribution is -2.12. The number of nitrogens with zero attached hydrogens (tertiary/aromatic N) is 1. The topological polar surface area (TPSA) is 3.24 Å². The average Bonchev–Trinajstić information content (AvgIpc) is 3.43. The molecule has 0 bridgehead atoms. The van der Waals surface area contributed by atoms with Gasteiger partial charge < -0.3 is 4.90 Å². The summed E-state index contributed by atoms with van der Waals surface area (Å²) in [5.41, 5.74) is 11.7. The van der Waals surface area contributed by atoms with Gasteiger partial charge in [-0.1, -0.05) is 203 Å². The molecule has 0 aliphatic heterocycles. The van der Waals surface area contributed by atoms with Crippen molar-refractivity contribution in [2.24, 2.45) is 5.92 Å². The Bertz CT molecular complexity index is 2010. The van der Waals surface area contributed by atoms with Crippen LogP contribution in [0.3, 0.4) is 0 Å². The maximum atomic E-state index is 4.12. The fourth-order valence-corrected chi connectivity index (χ4v) is 5.98. The Morgan fingerprint density at radius 2 is 1.41 bits per heavy atom. The molecule has 0 N–H and O–H groups in total. The molecule has 1 heteroatoms. The van der Waals surface area contributed by atoms with Gasteiger partial charge in [-0.2, -0.15) is 0 Å². The maximum absolute atomic E-state index is 4.12. The number of benzene rings is 3. The molecule has 0 saturated heterocycles. The largest absolute Gasteiger partial charge is 0.325 e. The molecule has 1 aliphatic rings. The molecular weight excluding hydrogens is 651 g/mol. The van der Waals surface area contributed by atoms with Crippen molar-refractivity contribution >= 4 is 17.7 Å². The normalized spacial score (nSPS) is 16.4. The van der Waals surface area contributed by atoms with Gasteiger partial charge in [0, 0.05) is 17.6 Å². The molecule has 274 valence electrons. The highest BCUT2D eigenvalue weighted by molar-refractivity contribution is 5.65. The van der Waals surface area contributed by atoms with Crippen LogP contribution in [0.15, 0.2) is 224 Å². The summed E-state index contributed by atoms with van der Waals surface area (Å²) in [5.74, 6) is 0.833. The Hall–Kier alpha value is -5.92. The Balaban J connectivity index is 1.46. The van der Waals surface area contributed by atoms with Crippen molar-refractivity contribution in [3.8, 4) is 0 Å². The fraction of sp³-hybridized carbons (Fsp3) is 0.170. The molecule has 3 aromatic carbocycles. The van der Waals surface area contributed by atoms with Crippen LogP contribution in [0, 0.1) is 5.92 Å². The molecule has 54 heavy (non-hydrogen) atoms. The Morgan fingerprint density at radius 1 is 0.741 bits per heavy atom. The lowest BCUT2D eigenvalue weighted by atomic mass is 9.89. The van der Waals surface area contributed by atoms with E-state index in [1.165, 1.54) is 27.8 Å². The van der Waals surface area contributed by atoms with E-state index in [-0.39, 0.29) is 0 Å². The predicted octanol–water partition coefficient (Wildman–Crippen LogP) is 14.9. The molecule has 0 spiro atoms. The van der Waals surface area contributed by atoms with Gasteiger partial charge in [-0.3, -0.25) is 0 Å². The van der Waals surface area contributed by atoms with E-state index in [9.17, 15) is 0 Å². The van der Waals surface area contributed by atoms with E-state index < -0.39 is 0 Å². The minimum absolute atomic E-state index is 0.395. The maximum Gasteiger partial charge on any atom is 0.0192 e. The van der Waals surface area contributed by atoms with Crippen molar-refractivity contribution in [3.05, 3.63) is 246 Å². The third-order valence-electron chi connectivity index (χ3n) is 9.46. The lowest BCUT2D eigenvalue weighted by Gasteiger charge is -2.22. The Labute approximate surface area is 326 Å². The van der Waals surface area contributed by atoms with Crippen LogP contribution in [-0.4, -0.2) is 4.90 Å². The van der Waals surface area contributed by atoms with Crippen LogP contribution in [-0.2, 0) is 0 Å². The van der Waals surface area contributed by atoms with Gasteiger partial charge in [-0.05, 0) is 103 Å². The van der Waals surface area contributed by atoms with Crippen molar-refractivity contribution < 1.29 is 0 Å². The number of rotatable bonds is 17. The van der Waals surface area contributed by atoms with Crippen LogP contribution in [0.4, 0.5) is 0 Å². The zero-order valence-electron chi connectivity index (χ0n) is 32.9. The van der Waals surface area contributed by atoms with E-state index in [1.807, 2.05) is 24.3 Å². The number of allylic oxidation sites excluding steroid dienone is 21. The van der Waals surface area contributed by atoms with Gasteiger partial charge in [-0.25, -0.2) is 0 Å². The molecule has 0 radical (unpaired) electrons. The SMILES string of the molecule is C=C/C=C(\C=C/N(/C(C)=C\C=C/C(=C)CC)/C(C)=C/C=C(\C)c1ccc(C(C)CC2C=CC=C(/C=C/c3ccccc3)C=C2)cc1)/C=C/c1ccccc1. The summed E-state index contributed by atoms with van der Waals surface area (Å²) in [4.78, 5) is 2.22. The molecule has 1 aliphatic carbocycles. The summed E-state index contributed by atoms with van der Waals surface area (Å²) in [7, 11) is 0. The third kappa shape index (κ3) is 13.9. The summed E-state index contributed by atoms with van der Waals surface area (Å²) in [6.45, 7) is 19.0. The van der Waals surface area contributed by atoms with Crippen LogP contribution < -0.4 is 0 Å². The van der Waals surface area contributed by atoms with E-state index in [2.05, 4.69) is 223 Å². The minimum atomic E-state index is 0.395. The molecule has 0 aromatic heterocycles. The highest BCUT2D eigenvalue weighted by Crippen LogP contribution is 2.28. The molecule has 3 aromatic rings. The minimum Gasteiger partial charge on any atom is -0.325 e. The van der Waals surface area contributed by atoms with Crippen molar-refractivity contribution in [3.63, 3.8) is 0 Å². The van der Waals surface area contributed by atoms with Crippen LogP contribution >= 0.6 is 0 Å². The summed E-state index contributed by atoms with van der Waals surface area (Å²) in [6, 6.07) is 29.9. The quantitative estimate of drug-likeness (QED) is 0.126. The van der Waals surface area contributed by atoms with Gasteiger partial charge in [0.1, 0.15) is 0 Å². The molecule has 2 atom stereocenters. The van der Waals surface area contributed by atoms with Gasteiger partial charge in [0.15, 0.2) is 0 Å². The van der Waals surface area contributed by atoms with E-state index in [1.54, 1.807) is 0 Å². The van der Waals surface area contributed by atoms with Gasteiger partial charge in [0.2, 0.25) is 0 Å². The van der Waals surface area contributed by atoms with E-state index in [0.29, 0.717) is 11.8 Å². The fourth-order valence-electron chi connectivity index (χ4n) is 5.98. The van der Waals surface area contributed by atoms with Gasteiger partial charge in [0.05, 0.1) is 0 Å². The van der Waals surface area contributed by atoms with Crippen molar-refractivity contribution in [1.29, 1.82) is 0 Å². The summed E-state index contributed by atoms with van der Waals surface area (Å²) in [6.07, 6.45) is 40.7. The Kier molecular flexibility index (Phi) is 16.8. The Morgan fingerprint density at radius 3 is 2.07 bits per heavy atom. The first-order chi connectivity index (χ1) is 26.2. The van der Waals surface area contributed by atoms with Crippen molar-refractivity contribution in [1.82, 2.24) is 4.90 Å². The molecule has 1 nitrogen and oxygen atoms in total. The highest BCUT2D eigenvalue weighted by atomic mass is 15.1. The third-order valence-corrected chi connectivity index (χ3v) is 9.46. The first kappa shape index (κ1) is 40.8. The van der Waals surface area contributed by atoms with Gasteiger partial charge in [-0.15, -0.1) is 0 Å². The molecule has 0 fully saturated rings. The van der Waals surface area contributed by atoms with Gasteiger partial charge >= 0.3 is 0 Å². The summed E-state index contributed by atoms with van der Waals surface area (Å²) < 4.78 is 0. The lowest BCUT2D eigenvalue weighted by molar-refractivity contribution is 0.576.